The number of hydrogen-bond acceptors (Lipinski definition) is 5. The molecule has 3 aromatic heterocycles. The minimum Gasteiger partial charge on any atom is -0.395 e. The average molecular weight is 422 g/mol. The molecule has 2 N–H and O–H groups in total. The minimum atomic E-state index is -0.113. The van der Waals surface area contributed by atoms with E-state index in [0.717, 1.165) is 26.7 Å². The molecule has 4 aromatic rings. The number of para-hydroxylation sites is 1. The van der Waals surface area contributed by atoms with Crippen molar-refractivity contribution < 1.29 is 5.11 Å². The van der Waals surface area contributed by atoms with Crippen molar-refractivity contribution in [3.05, 3.63) is 78.4 Å². The Morgan fingerprint density at radius 1 is 1.10 bits per heavy atom. The van der Waals surface area contributed by atoms with E-state index in [1.165, 1.54) is 0 Å². The van der Waals surface area contributed by atoms with Crippen LogP contribution in [-0.2, 0) is 0 Å². The van der Waals surface area contributed by atoms with Crippen molar-refractivity contribution in [2.45, 2.75) is 12.1 Å². The Morgan fingerprint density at radius 3 is 2.76 bits per heavy atom. The Labute approximate surface area is 177 Å². The summed E-state index contributed by atoms with van der Waals surface area (Å²) in [7, 11) is 0. The van der Waals surface area contributed by atoms with Gasteiger partial charge in [0, 0.05) is 18.9 Å². The summed E-state index contributed by atoms with van der Waals surface area (Å²) in [6, 6.07) is 17.9. The van der Waals surface area contributed by atoms with Gasteiger partial charge in [0.2, 0.25) is 0 Å². The minimum absolute atomic E-state index is 0.0229. The van der Waals surface area contributed by atoms with Gasteiger partial charge < -0.3 is 15.3 Å². The van der Waals surface area contributed by atoms with Gasteiger partial charge in [-0.05, 0) is 48.6 Å². The average Bonchev–Trinajstić information content (AvgIpc) is 3.46. The van der Waals surface area contributed by atoms with Crippen molar-refractivity contribution in [2.75, 3.05) is 13.2 Å². The summed E-state index contributed by atoms with van der Waals surface area (Å²) in [5.74, 6) is 0. The number of fused-ring (bicyclic) bond motifs is 1. The highest BCUT2D eigenvalue weighted by Gasteiger charge is 2.41. The van der Waals surface area contributed by atoms with Crippen LogP contribution in [0.2, 0.25) is 0 Å². The molecule has 0 saturated carbocycles. The Kier molecular flexibility index (Phi) is 4.75. The molecule has 1 aliphatic rings. The molecule has 5 rings (SSSR count). The molecule has 6 nitrogen and oxygen atoms in total. The molecule has 0 amide bonds. The normalized spacial score (nSPS) is 19.1. The van der Waals surface area contributed by atoms with Crippen molar-refractivity contribution >= 4 is 38.9 Å². The van der Waals surface area contributed by atoms with Crippen LogP contribution >= 0.6 is 23.6 Å². The van der Waals surface area contributed by atoms with Crippen LogP contribution in [-0.4, -0.2) is 42.8 Å². The maximum absolute atomic E-state index is 9.64. The van der Waals surface area contributed by atoms with E-state index in [0.29, 0.717) is 11.7 Å². The summed E-state index contributed by atoms with van der Waals surface area (Å²) < 4.78 is 3.27. The van der Waals surface area contributed by atoms with Gasteiger partial charge in [0.25, 0.3) is 0 Å². The Morgan fingerprint density at radius 2 is 1.97 bits per heavy atom. The lowest BCUT2D eigenvalue weighted by atomic mass is 10.0. The van der Waals surface area contributed by atoms with Crippen LogP contribution in [0.15, 0.2) is 67.0 Å². The number of nitrogens with one attached hydrogen (secondary N) is 1. The number of nitrogens with zero attached hydrogens (tertiary/aromatic N) is 4. The van der Waals surface area contributed by atoms with Crippen LogP contribution in [0.3, 0.4) is 0 Å². The molecule has 1 aliphatic heterocycles. The highest BCUT2D eigenvalue weighted by atomic mass is 32.1. The molecule has 146 valence electrons. The van der Waals surface area contributed by atoms with Gasteiger partial charge in [-0.1, -0.05) is 29.5 Å². The fourth-order valence-corrected chi connectivity index (χ4v) is 5.15. The molecule has 4 heterocycles. The van der Waals surface area contributed by atoms with E-state index in [1.807, 2.05) is 53.6 Å². The molecule has 1 fully saturated rings. The number of benzene rings is 1. The molecule has 0 bridgehead atoms. The predicted octanol–water partition coefficient (Wildman–Crippen LogP) is 3.45. The van der Waals surface area contributed by atoms with Crippen molar-refractivity contribution in [3.8, 4) is 5.13 Å². The topological polar surface area (TPSA) is 66.2 Å². The van der Waals surface area contributed by atoms with Gasteiger partial charge >= 0.3 is 0 Å². The lowest BCUT2D eigenvalue weighted by molar-refractivity contribution is 0.220. The number of thiocarbonyl (C=S) groups is 1. The third-order valence-electron chi connectivity index (χ3n) is 5.11. The van der Waals surface area contributed by atoms with Gasteiger partial charge in [-0.2, -0.15) is 0 Å². The van der Waals surface area contributed by atoms with E-state index >= 15 is 0 Å². The summed E-state index contributed by atoms with van der Waals surface area (Å²) in [6.45, 7) is 0.472. The Hall–Kier alpha value is -2.81. The monoisotopic (exact) mass is 421 g/mol. The van der Waals surface area contributed by atoms with E-state index in [2.05, 4.69) is 27.0 Å². The van der Waals surface area contributed by atoms with Crippen LogP contribution in [0.4, 0.5) is 0 Å². The van der Waals surface area contributed by atoms with Crippen LogP contribution < -0.4 is 5.32 Å². The maximum Gasteiger partial charge on any atom is 0.194 e. The summed E-state index contributed by atoms with van der Waals surface area (Å²) in [5.41, 5.74) is 2.96. The quantitative estimate of drug-likeness (QED) is 0.481. The Balaban J connectivity index is 1.62. The molecule has 8 heteroatoms. The molecule has 0 radical (unpaired) electrons. The highest BCUT2D eigenvalue weighted by Crippen LogP contribution is 2.40. The van der Waals surface area contributed by atoms with Crippen molar-refractivity contribution in [3.63, 3.8) is 0 Å². The third-order valence-corrected chi connectivity index (χ3v) is 6.50. The second kappa shape index (κ2) is 7.55. The second-order valence-electron chi connectivity index (χ2n) is 6.81. The molecule has 0 unspecified atom stereocenters. The fraction of sp³-hybridized carbons (Fsp3) is 0.190. The number of aromatic nitrogens is 3. The number of pyridine rings is 1. The lowest BCUT2D eigenvalue weighted by Crippen LogP contribution is -2.32. The molecule has 0 spiro atoms. The summed E-state index contributed by atoms with van der Waals surface area (Å²) >= 11 is 7.26. The maximum atomic E-state index is 9.64. The Bertz CT molecular complexity index is 1120. The van der Waals surface area contributed by atoms with Gasteiger partial charge in [0.1, 0.15) is 0 Å². The summed E-state index contributed by atoms with van der Waals surface area (Å²) in [5, 5.41) is 14.6. The van der Waals surface area contributed by atoms with Crippen molar-refractivity contribution in [1.82, 2.24) is 24.8 Å². The van der Waals surface area contributed by atoms with E-state index in [4.69, 9.17) is 17.2 Å². The molecule has 0 aliphatic carbocycles. The first-order chi connectivity index (χ1) is 14.3. The number of aliphatic hydroxyl groups excluding tert-OH is 1. The first-order valence-corrected chi connectivity index (χ1v) is 10.6. The van der Waals surface area contributed by atoms with Crippen LogP contribution in [0.1, 0.15) is 23.5 Å². The number of rotatable bonds is 5. The first-order valence-electron chi connectivity index (χ1n) is 9.38. The van der Waals surface area contributed by atoms with Crippen molar-refractivity contribution in [1.29, 1.82) is 0 Å². The predicted molar refractivity (Wildman–Crippen MR) is 118 cm³/mol. The van der Waals surface area contributed by atoms with Gasteiger partial charge in [-0.25, -0.2) is 4.98 Å². The molecular weight excluding hydrogens is 402 g/mol. The van der Waals surface area contributed by atoms with E-state index in [-0.39, 0.29) is 18.7 Å². The number of aliphatic hydroxyl groups is 1. The standard InChI is InChI=1S/C21H19N5OS2/c27-13-12-26-19(18(24-20(26)28)15-7-3-4-10-22-15)16-8-5-11-25(16)21-23-14-6-1-2-9-17(14)29-21/h1-11,18-19,27H,12-13H2,(H,24,28)/t18-,19+/m1/s1. The highest BCUT2D eigenvalue weighted by molar-refractivity contribution is 7.80. The number of hydrogen-bond donors (Lipinski definition) is 2. The number of thiazole rings is 1. The van der Waals surface area contributed by atoms with Crippen LogP contribution in [0, 0.1) is 0 Å². The van der Waals surface area contributed by atoms with Gasteiger partial charge in [-0.15, -0.1) is 0 Å². The van der Waals surface area contributed by atoms with Crippen LogP contribution in [0.5, 0.6) is 0 Å². The third kappa shape index (κ3) is 3.19. The molecule has 1 saturated heterocycles. The van der Waals surface area contributed by atoms with E-state index < -0.39 is 0 Å². The molecule has 2 atom stereocenters. The smallest absolute Gasteiger partial charge is 0.194 e. The largest absolute Gasteiger partial charge is 0.395 e. The zero-order valence-electron chi connectivity index (χ0n) is 15.5. The van der Waals surface area contributed by atoms with E-state index in [1.54, 1.807) is 17.5 Å². The zero-order chi connectivity index (χ0) is 19.8. The molecule has 29 heavy (non-hydrogen) atoms. The molecular formula is C21H19N5OS2. The summed E-state index contributed by atoms with van der Waals surface area (Å²) in [4.78, 5) is 11.4. The number of β-amino-alcohol motifs (C(OH)–C–C–N with tert-alkyl or cyclic N) is 1. The van der Waals surface area contributed by atoms with Gasteiger partial charge in [-0.3, -0.25) is 9.55 Å². The second-order valence-corrected chi connectivity index (χ2v) is 8.21. The first kappa shape index (κ1) is 18.2. The fourth-order valence-electron chi connectivity index (χ4n) is 3.85. The SMILES string of the molecule is OCCN1C(=S)N[C@H](c2ccccn2)[C@@H]1c1cccn1-c1nc2ccccc2s1. The van der Waals surface area contributed by atoms with Gasteiger partial charge in [0.15, 0.2) is 10.2 Å². The zero-order valence-corrected chi connectivity index (χ0v) is 17.1. The van der Waals surface area contributed by atoms with Crippen molar-refractivity contribution in [2.24, 2.45) is 0 Å². The molecule has 1 aromatic carbocycles. The summed E-state index contributed by atoms with van der Waals surface area (Å²) in [6.07, 6.45) is 3.82. The van der Waals surface area contributed by atoms with Crippen LogP contribution in [0.25, 0.3) is 15.3 Å². The van der Waals surface area contributed by atoms with Gasteiger partial charge in [0.05, 0.1) is 40.3 Å². The van der Waals surface area contributed by atoms with E-state index in [9.17, 15) is 5.11 Å². The lowest BCUT2D eigenvalue weighted by Gasteiger charge is -2.27.